The van der Waals surface area contributed by atoms with Gasteiger partial charge in [0.1, 0.15) is 5.82 Å². The van der Waals surface area contributed by atoms with E-state index in [9.17, 15) is 0 Å². The molecule has 0 radical (unpaired) electrons. The van der Waals surface area contributed by atoms with Crippen LogP contribution in [-0.4, -0.2) is 21.3 Å². The lowest BCUT2D eigenvalue weighted by Gasteiger charge is -2.12. The maximum atomic E-state index is 6.19. The predicted molar refractivity (Wildman–Crippen MR) is 84.4 cm³/mol. The van der Waals surface area contributed by atoms with E-state index in [1.54, 1.807) is 11.8 Å². The van der Waals surface area contributed by atoms with Gasteiger partial charge >= 0.3 is 0 Å². The second kappa shape index (κ2) is 7.12. The Hall–Kier alpha value is -0.780. The van der Waals surface area contributed by atoms with Crippen molar-refractivity contribution in [3.05, 3.63) is 47.0 Å². The highest BCUT2D eigenvalue weighted by Gasteiger charge is 2.09. The molecule has 0 saturated heterocycles. The Morgan fingerprint density at radius 2 is 2.32 bits per heavy atom. The van der Waals surface area contributed by atoms with Gasteiger partial charge in [0.15, 0.2) is 0 Å². The zero-order valence-electron chi connectivity index (χ0n) is 10.9. The maximum absolute atomic E-state index is 6.19. The minimum atomic E-state index is 0.122. The first kappa shape index (κ1) is 14.6. The van der Waals surface area contributed by atoms with Gasteiger partial charge < -0.3 is 10.3 Å². The van der Waals surface area contributed by atoms with Crippen molar-refractivity contribution in [1.82, 2.24) is 9.55 Å². The lowest BCUT2D eigenvalue weighted by Crippen LogP contribution is -2.27. The first-order valence-corrected chi connectivity index (χ1v) is 8.11. The number of rotatable bonds is 6. The third-order valence-corrected chi connectivity index (χ3v) is 4.52. The van der Waals surface area contributed by atoms with Crippen LogP contribution in [0.1, 0.15) is 12.7 Å². The molecule has 1 atom stereocenters. The van der Waals surface area contributed by atoms with E-state index in [0.29, 0.717) is 0 Å². The molecule has 1 unspecified atom stereocenters. The summed E-state index contributed by atoms with van der Waals surface area (Å²) in [6.07, 6.45) is 4.67. The number of aromatic nitrogens is 2. The van der Waals surface area contributed by atoms with Crippen molar-refractivity contribution in [2.45, 2.75) is 30.8 Å². The molecule has 0 aliphatic carbocycles. The van der Waals surface area contributed by atoms with Gasteiger partial charge in [0.25, 0.3) is 0 Å². The molecule has 0 aliphatic heterocycles. The Bertz CT molecular complexity index is 527. The molecule has 0 saturated carbocycles. The van der Waals surface area contributed by atoms with Crippen LogP contribution in [0.3, 0.4) is 0 Å². The SMILES string of the molecule is CCn1ccnc1CC(N)CSc1cccc(Br)c1. The number of nitrogens with zero attached hydrogens (tertiary/aromatic N) is 2. The van der Waals surface area contributed by atoms with Crippen LogP contribution in [0.5, 0.6) is 0 Å². The van der Waals surface area contributed by atoms with Gasteiger partial charge in [-0.1, -0.05) is 22.0 Å². The Balaban J connectivity index is 1.86. The van der Waals surface area contributed by atoms with Gasteiger partial charge in [-0.2, -0.15) is 0 Å². The van der Waals surface area contributed by atoms with E-state index in [1.807, 2.05) is 24.5 Å². The molecular weight excluding hydrogens is 322 g/mol. The van der Waals surface area contributed by atoms with Crippen LogP contribution in [-0.2, 0) is 13.0 Å². The molecule has 3 nitrogen and oxygen atoms in total. The van der Waals surface area contributed by atoms with E-state index in [0.717, 1.165) is 29.0 Å². The van der Waals surface area contributed by atoms with Crippen LogP contribution < -0.4 is 5.73 Å². The van der Waals surface area contributed by atoms with Gasteiger partial charge in [0.2, 0.25) is 0 Å². The zero-order chi connectivity index (χ0) is 13.7. The largest absolute Gasteiger partial charge is 0.335 e. The van der Waals surface area contributed by atoms with Gasteiger partial charge in [0.05, 0.1) is 0 Å². The summed E-state index contributed by atoms with van der Waals surface area (Å²) < 4.78 is 3.25. The number of halogens is 1. The van der Waals surface area contributed by atoms with Crippen LogP contribution >= 0.6 is 27.7 Å². The van der Waals surface area contributed by atoms with E-state index in [2.05, 4.69) is 44.5 Å². The minimum absolute atomic E-state index is 0.122. The number of nitrogens with two attached hydrogens (primary N) is 1. The first-order valence-electron chi connectivity index (χ1n) is 6.33. The van der Waals surface area contributed by atoms with Crippen LogP contribution in [0.25, 0.3) is 0 Å². The van der Waals surface area contributed by atoms with Crippen molar-refractivity contribution in [3.8, 4) is 0 Å². The third kappa shape index (κ3) is 4.37. The zero-order valence-corrected chi connectivity index (χ0v) is 13.3. The fourth-order valence-electron chi connectivity index (χ4n) is 1.87. The highest BCUT2D eigenvalue weighted by Crippen LogP contribution is 2.22. The topological polar surface area (TPSA) is 43.8 Å². The van der Waals surface area contributed by atoms with Gasteiger partial charge in [-0.15, -0.1) is 11.8 Å². The number of aryl methyl sites for hydroxylation is 1. The lowest BCUT2D eigenvalue weighted by atomic mass is 10.2. The summed E-state index contributed by atoms with van der Waals surface area (Å²) in [6.45, 7) is 3.06. The van der Waals surface area contributed by atoms with Gasteiger partial charge in [-0.05, 0) is 25.1 Å². The number of hydrogen-bond donors (Lipinski definition) is 1. The van der Waals surface area contributed by atoms with Crippen LogP contribution in [0.15, 0.2) is 46.0 Å². The first-order chi connectivity index (χ1) is 9.19. The molecule has 2 N–H and O–H groups in total. The summed E-state index contributed by atoms with van der Waals surface area (Å²) in [5.41, 5.74) is 6.19. The molecule has 1 aromatic carbocycles. The summed E-state index contributed by atoms with van der Waals surface area (Å²) in [5, 5.41) is 0. The maximum Gasteiger partial charge on any atom is 0.110 e. The monoisotopic (exact) mass is 339 g/mol. The number of thioether (sulfide) groups is 1. The van der Waals surface area contributed by atoms with Gasteiger partial charge in [0, 0.05) is 46.5 Å². The highest BCUT2D eigenvalue weighted by atomic mass is 79.9. The van der Waals surface area contributed by atoms with Crippen molar-refractivity contribution in [1.29, 1.82) is 0 Å². The molecule has 5 heteroatoms. The van der Waals surface area contributed by atoms with Crippen LogP contribution in [0.2, 0.25) is 0 Å². The smallest absolute Gasteiger partial charge is 0.110 e. The number of benzene rings is 1. The van der Waals surface area contributed by atoms with Crippen molar-refractivity contribution >= 4 is 27.7 Å². The van der Waals surface area contributed by atoms with Crippen molar-refractivity contribution in [2.24, 2.45) is 5.73 Å². The second-order valence-corrected chi connectivity index (χ2v) is 6.37. The Kier molecular flexibility index (Phi) is 5.48. The molecule has 0 amide bonds. The fourth-order valence-corrected chi connectivity index (χ4v) is 3.33. The fraction of sp³-hybridized carbons (Fsp3) is 0.357. The Labute approximate surface area is 126 Å². The Morgan fingerprint density at radius 3 is 3.05 bits per heavy atom. The molecular formula is C14H18BrN3S. The van der Waals surface area contributed by atoms with Gasteiger partial charge in [-0.3, -0.25) is 0 Å². The summed E-state index contributed by atoms with van der Waals surface area (Å²) in [6, 6.07) is 8.42. The summed E-state index contributed by atoms with van der Waals surface area (Å²) in [5.74, 6) is 1.97. The molecule has 2 aromatic rings. The summed E-state index contributed by atoms with van der Waals surface area (Å²) in [7, 11) is 0. The molecule has 0 aliphatic rings. The number of imidazole rings is 1. The lowest BCUT2D eigenvalue weighted by molar-refractivity contribution is 0.641. The molecule has 0 spiro atoms. The average Bonchev–Trinajstić information content (AvgIpc) is 2.84. The third-order valence-electron chi connectivity index (χ3n) is 2.85. The van der Waals surface area contributed by atoms with Crippen molar-refractivity contribution in [2.75, 3.05) is 5.75 Å². The van der Waals surface area contributed by atoms with Crippen LogP contribution in [0.4, 0.5) is 0 Å². The normalized spacial score (nSPS) is 12.6. The number of hydrogen-bond acceptors (Lipinski definition) is 3. The van der Waals surface area contributed by atoms with Gasteiger partial charge in [-0.25, -0.2) is 4.98 Å². The molecule has 19 heavy (non-hydrogen) atoms. The van der Waals surface area contributed by atoms with E-state index >= 15 is 0 Å². The molecule has 0 fully saturated rings. The van der Waals surface area contributed by atoms with Crippen molar-refractivity contribution in [3.63, 3.8) is 0 Å². The summed E-state index contributed by atoms with van der Waals surface area (Å²) >= 11 is 5.26. The molecule has 1 heterocycles. The molecule has 0 bridgehead atoms. The predicted octanol–water partition coefficient (Wildman–Crippen LogP) is 3.33. The van der Waals surface area contributed by atoms with E-state index in [-0.39, 0.29) is 6.04 Å². The highest BCUT2D eigenvalue weighted by molar-refractivity contribution is 9.10. The van der Waals surface area contributed by atoms with E-state index in [1.165, 1.54) is 4.90 Å². The molecule has 2 rings (SSSR count). The minimum Gasteiger partial charge on any atom is -0.335 e. The molecule has 102 valence electrons. The Morgan fingerprint density at radius 1 is 1.47 bits per heavy atom. The quantitative estimate of drug-likeness (QED) is 0.821. The van der Waals surface area contributed by atoms with Crippen LogP contribution in [0, 0.1) is 0 Å². The van der Waals surface area contributed by atoms with Crippen molar-refractivity contribution < 1.29 is 0 Å². The summed E-state index contributed by atoms with van der Waals surface area (Å²) in [4.78, 5) is 5.60. The standard InChI is InChI=1S/C14H18BrN3S/c1-2-18-7-6-17-14(18)9-12(16)10-19-13-5-3-4-11(15)8-13/h3-8,12H,2,9-10,16H2,1H3. The van der Waals surface area contributed by atoms with E-state index in [4.69, 9.17) is 5.73 Å². The molecule has 1 aromatic heterocycles. The second-order valence-electron chi connectivity index (χ2n) is 4.36. The average molecular weight is 340 g/mol. The van der Waals surface area contributed by atoms with E-state index < -0.39 is 0 Å².